The van der Waals surface area contributed by atoms with Gasteiger partial charge < -0.3 is 10.6 Å². The van der Waals surface area contributed by atoms with Crippen molar-refractivity contribution in [2.75, 3.05) is 17.2 Å². The summed E-state index contributed by atoms with van der Waals surface area (Å²) in [6.07, 6.45) is 7.94. The van der Waals surface area contributed by atoms with Crippen molar-refractivity contribution < 1.29 is 0 Å². The molecule has 1 aromatic rings. The smallest absolute Gasteiger partial charge is 0.132 e. The van der Waals surface area contributed by atoms with Crippen LogP contribution in [0.1, 0.15) is 58.2 Å². The van der Waals surface area contributed by atoms with E-state index in [0.717, 1.165) is 24.0 Å². The molecule has 1 saturated carbocycles. The number of aryl methyl sites for hydroxylation is 1. The molecule has 4 heteroatoms. The Labute approximate surface area is 122 Å². The summed E-state index contributed by atoms with van der Waals surface area (Å²) in [5, 5.41) is 6.98. The second-order valence-corrected chi connectivity index (χ2v) is 6.29. The van der Waals surface area contributed by atoms with Crippen LogP contribution < -0.4 is 10.6 Å². The molecule has 2 N–H and O–H groups in total. The number of nitrogens with zero attached hydrogens (tertiary/aromatic N) is 2. The molecule has 0 aromatic carbocycles. The average molecular weight is 276 g/mol. The first kappa shape index (κ1) is 15.1. The fraction of sp³-hybridized carbons (Fsp3) is 0.750. The minimum atomic E-state index is 0.574. The predicted molar refractivity (Wildman–Crippen MR) is 85.2 cm³/mol. The summed E-state index contributed by atoms with van der Waals surface area (Å²) >= 11 is 0. The lowest BCUT2D eigenvalue weighted by molar-refractivity contribution is 0.617. The number of nitrogens with one attached hydrogen (secondary N) is 2. The van der Waals surface area contributed by atoms with E-state index < -0.39 is 0 Å². The molecule has 4 nitrogen and oxygen atoms in total. The zero-order chi connectivity index (χ0) is 14.4. The Morgan fingerprint density at radius 3 is 2.40 bits per heavy atom. The third-order valence-corrected chi connectivity index (χ3v) is 3.74. The first-order valence-electron chi connectivity index (χ1n) is 7.99. The van der Waals surface area contributed by atoms with Crippen molar-refractivity contribution >= 4 is 11.6 Å². The van der Waals surface area contributed by atoms with E-state index in [1.807, 2.05) is 13.0 Å². The first-order chi connectivity index (χ1) is 9.63. The summed E-state index contributed by atoms with van der Waals surface area (Å²) in [5.74, 6) is 3.34. The Morgan fingerprint density at radius 2 is 1.75 bits per heavy atom. The van der Waals surface area contributed by atoms with E-state index in [1.165, 1.54) is 38.5 Å². The molecule has 1 fully saturated rings. The summed E-state index contributed by atoms with van der Waals surface area (Å²) in [6.45, 7) is 7.30. The highest BCUT2D eigenvalue weighted by molar-refractivity contribution is 5.48. The van der Waals surface area contributed by atoms with Crippen molar-refractivity contribution in [1.29, 1.82) is 0 Å². The van der Waals surface area contributed by atoms with E-state index in [-0.39, 0.29) is 0 Å². The molecule has 1 aromatic heterocycles. The molecule has 0 amide bonds. The molecule has 0 bridgehead atoms. The summed E-state index contributed by atoms with van der Waals surface area (Å²) < 4.78 is 0. The molecular formula is C16H28N4. The quantitative estimate of drug-likeness (QED) is 0.798. The summed E-state index contributed by atoms with van der Waals surface area (Å²) in [5.41, 5.74) is 0. The third-order valence-electron chi connectivity index (χ3n) is 3.74. The van der Waals surface area contributed by atoms with E-state index in [2.05, 4.69) is 34.4 Å². The highest BCUT2D eigenvalue weighted by Gasteiger charge is 2.13. The van der Waals surface area contributed by atoms with Gasteiger partial charge in [-0.15, -0.1) is 0 Å². The molecule has 0 aliphatic heterocycles. The molecule has 1 heterocycles. The maximum Gasteiger partial charge on any atom is 0.132 e. The van der Waals surface area contributed by atoms with Gasteiger partial charge in [-0.05, 0) is 25.7 Å². The number of hydrogen-bond acceptors (Lipinski definition) is 4. The molecule has 0 atom stereocenters. The normalized spacial score (nSPS) is 17.0. The fourth-order valence-corrected chi connectivity index (χ4v) is 2.67. The van der Waals surface area contributed by atoms with E-state index in [4.69, 9.17) is 0 Å². The van der Waals surface area contributed by atoms with Gasteiger partial charge in [-0.3, -0.25) is 0 Å². The number of rotatable bonds is 5. The molecule has 0 spiro atoms. The zero-order valence-corrected chi connectivity index (χ0v) is 13.1. The van der Waals surface area contributed by atoms with Crippen molar-refractivity contribution in [1.82, 2.24) is 9.97 Å². The van der Waals surface area contributed by atoms with Crippen LogP contribution in [0.4, 0.5) is 11.6 Å². The van der Waals surface area contributed by atoms with Gasteiger partial charge >= 0.3 is 0 Å². The van der Waals surface area contributed by atoms with Gasteiger partial charge in [-0.25, -0.2) is 9.97 Å². The molecular weight excluding hydrogens is 248 g/mol. The van der Waals surface area contributed by atoms with Gasteiger partial charge in [0.25, 0.3) is 0 Å². The van der Waals surface area contributed by atoms with E-state index in [9.17, 15) is 0 Å². The maximum absolute atomic E-state index is 4.52. The van der Waals surface area contributed by atoms with Crippen LogP contribution in [0.25, 0.3) is 0 Å². The molecule has 0 saturated heterocycles. The molecule has 0 radical (unpaired) electrons. The second-order valence-electron chi connectivity index (χ2n) is 6.29. The average Bonchev–Trinajstić information content (AvgIpc) is 2.64. The minimum Gasteiger partial charge on any atom is -0.370 e. The Morgan fingerprint density at radius 1 is 1.10 bits per heavy atom. The van der Waals surface area contributed by atoms with Crippen LogP contribution in [0.2, 0.25) is 0 Å². The van der Waals surface area contributed by atoms with Crippen molar-refractivity contribution in [2.45, 2.75) is 65.3 Å². The topological polar surface area (TPSA) is 49.8 Å². The zero-order valence-electron chi connectivity index (χ0n) is 13.1. The van der Waals surface area contributed by atoms with Crippen LogP contribution in [0.5, 0.6) is 0 Å². The van der Waals surface area contributed by atoms with Gasteiger partial charge in [0.05, 0.1) is 0 Å². The standard InChI is InChI=1S/C16H28N4/c1-12(2)11-17-15-10-16(19-13(3)18-15)20-14-8-6-4-5-7-9-14/h10,12,14H,4-9,11H2,1-3H3,(H2,17,18,19,20). The van der Waals surface area contributed by atoms with Crippen LogP contribution in [0.15, 0.2) is 6.07 Å². The van der Waals surface area contributed by atoms with Gasteiger partial charge in [-0.2, -0.15) is 0 Å². The Hall–Kier alpha value is -1.32. The summed E-state index contributed by atoms with van der Waals surface area (Å²) in [4.78, 5) is 8.98. The molecule has 1 aliphatic carbocycles. The van der Waals surface area contributed by atoms with Gasteiger partial charge in [0.1, 0.15) is 17.5 Å². The van der Waals surface area contributed by atoms with E-state index in [1.54, 1.807) is 0 Å². The van der Waals surface area contributed by atoms with Gasteiger partial charge in [0.15, 0.2) is 0 Å². The molecule has 112 valence electrons. The highest BCUT2D eigenvalue weighted by atomic mass is 15.1. The van der Waals surface area contributed by atoms with Crippen LogP contribution in [-0.2, 0) is 0 Å². The van der Waals surface area contributed by atoms with E-state index in [0.29, 0.717) is 12.0 Å². The fourth-order valence-electron chi connectivity index (χ4n) is 2.67. The number of aromatic nitrogens is 2. The lowest BCUT2D eigenvalue weighted by Crippen LogP contribution is -2.20. The van der Waals surface area contributed by atoms with Crippen molar-refractivity contribution in [3.8, 4) is 0 Å². The van der Waals surface area contributed by atoms with Crippen LogP contribution in [0.3, 0.4) is 0 Å². The Kier molecular flexibility index (Phi) is 5.62. The Balaban J connectivity index is 1.99. The van der Waals surface area contributed by atoms with Crippen molar-refractivity contribution in [3.05, 3.63) is 11.9 Å². The second kappa shape index (κ2) is 7.46. The molecule has 1 aliphatic rings. The molecule has 20 heavy (non-hydrogen) atoms. The van der Waals surface area contributed by atoms with Gasteiger partial charge in [-0.1, -0.05) is 39.5 Å². The number of anilines is 2. The van der Waals surface area contributed by atoms with Gasteiger partial charge in [0, 0.05) is 18.7 Å². The van der Waals surface area contributed by atoms with Gasteiger partial charge in [0.2, 0.25) is 0 Å². The van der Waals surface area contributed by atoms with Crippen LogP contribution in [-0.4, -0.2) is 22.6 Å². The summed E-state index contributed by atoms with van der Waals surface area (Å²) in [6, 6.07) is 2.62. The van der Waals surface area contributed by atoms with Crippen LogP contribution in [0, 0.1) is 12.8 Å². The number of hydrogen-bond donors (Lipinski definition) is 2. The van der Waals surface area contributed by atoms with Crippen molar-refractivity contribution in [2.24, 2.45) is 5.92 Å². The lowest BCUT2D eigenvalue weighted by Gasteiger charge is -2.18. The lowest BCUT2D eigenvalue weighted by atomic mass is 10.1. The first-order valence-corrected chi connectivity index (χ1v) is 7.99. The highest BCUT2D eigenvalue weighted by Crippen LogP contribution is 2.21. The molecule has 2 rings (SSSR count). The molecule has 0 unspecified atom stereocenters. The predicted octanol–water partition coefficient (Wildman–Crippen LogP) is 3.99. The summed E-state index contributed by atoms with van der Waals surface area (Å²) in [7, 11) is 0. The Bertz CT molecular complexity index is 409. The van der Waals surface area contributed by atoms with E-state index >= 15 is 0 Å². The largest absolute Gasteiger partial charge is 0.370 e. The monoisotopic (exact) mass is 276 g/mol. The third kappa shape index (κ3) is 4.99. The minimum absolute atomic E-state index is 0.574. The SMILES string of the molecule is Cc1nc(NCC(C)C)cc(NC2CCCCCC2)n1. The van der Waals surface area contributed by atoms with Crippen LogP contribution >= 0.6 is 0 Å². The maximum atomic E-state index is 4.52. The van der Waals surface area contributed by atoms with Crippen molar-refractivity contribution in [3.63, 3.8) is 0 Å².